The Balaban J connectivity index is 1.69. The van der Waals surface area contributed by atoms with Crippen LogP contribution < -0.4 is 9.47 Å². The SMILES string of the molecule is Cc1ccc(Oc2cc(Oc3ccc(C)cc3)cc(C(=O)c3ccccc3)c2)cc1. The second-order valence-corrected chi connectivity index (χ2v) is 7.22. The van der Waals surface area contributed by atoms with E-state index in [0.29, 0.717) is 34.1 Å². The second kappa shape index (κ2) is 8.66. The van der Waals surface area contributed by atoms with Crippen LogP contribution in [0.3, 0.4) is 0 Å². The van der Waals surface area contributed by atoms with Crippen LogP contribution in [-0.2, 0) is 0 Å². The third-order valence-electron chi connectivity index (χ3n) is 4.69. The standard InChI is InChI=1S/C27H22O3/c1-19-8-12-23(13-9-19)29-25-16-22(27(28)21-6-4-3-5-7-21)17-26(18-25)30-24-14-10-20(2)11-15-24/h3-18H,1-2H3. The Morgan fingerprint density at radius 2 is 1.00 bits per heavy atom. The molecule has 30 heavy (non-hydrogen) atoms. The lowest BCUT2D eigenvalue weighted by Crippen LogP contribution is -2.02. The van der Waals surface area contributed by atoms with Crippen LogP contribution in [0.25, 0.3) is 0 Å². The van der Waals surface area contributed by atoms with E-state index in [0.717, 1.165) is 11.1 Å². The lowest BCUT2D eigenvalue weighted by atomic mass is 10.0. The number of hydrogen-bond donors (Lipinski definition) is 0. The first-order chi connectivity index (χ1) is 14.6. The topological polar surface area (TPSA) is 35.5 Å². The molecular weight excluding hydrogens is 372 g/mol. The molecule has 0 spiro atoms. The van der Waals surface area contributed by atoms with E-state index in [2.05, 4.69) is 0 Å². The summed E-state index contributed by atoms with van der Waals surface area (Å²) in [5.74, 6) is 2.40. The summed E-state index contributed by atoms with van der Waals surface area (Å²) in [5, 5.41) is 0. The molecule has 0 amide bonds. The predicted molar refractivity (Wildman–Crippen MR) is 119 cm³/mol. The second-order valence-electron chi connectivity index (χ2n) is 7.22. The molecule has 0 bridgehead atoms. The Kier molecular flexibility index (Phi) is 5.62. The maximum Gasteiger partial charge on any atom is 0.193 e. The molecule has 0 aliphatic heterocycles. The Bertz CT molecular complexity index is 1080. The average molecular weight is 394 g/mol. The highest BCUT2D eigenvalue weighted by molar-refractivity contribution is 6.09. The molecule has 4 aromatic carbocycles. The summed E-state index contributed by atoms with van der Waals surface area (Å²) < 4.78 is 12.1. The number of ketones is 1. The average Bonchev–Trinajstić information content (AvgIpc) is 2.77. The van der Waals surface area contributed by atoms with Gasteiger partial charge in [-0.05, 0) is 50.2 Å². The van der Waals surface area contributed by atoms with E-state index in [9.17, 15) is 4.79 Å². The van der Waals surface area contributed by atoms with Crippen LogP contribution in [-0.4, -0.2) is 5.78 Å². The zero-order chi connectivity index (χ0) is 20.9. The van der Waals surface area contributed by atoms with Crippen molar-refractivity contribution in [3.05, 3.63) is 119 Å². The molecule has 0 unspecified atom stereocenters. The quantitative estimate of drug-likeness (QED) is 0.327. The molecule has 0 aliphatic rings. The smallest absolute Gasteiger partial charge is 0.193 e. The number of rotatable bonds is 6. The van der Waals surface area contributed by atoms with Crippen LogP contribution >= 0.6 is 0 Å². The van der Waals surface area contributed by atoms with Crippen LogP contribution in [0.1, 0.15) is 27.0 Å². The molecule has 0 aromatic heterocycles. The number of hydrogen-bond acceptors (Lipinski definition) is 3. The van der Waals surface area contributed by atoms with Crippen molar-refractivity contribution in [3.8, 4) is 23.0 Å². The molecule has 0 saturated carbocycles. The van der Waals surface area contributed by atoms with Crippen molar-refractivity contribution in [2.45, 2.75) is 13.8 Å². The summed E-state index contributed by atoms with van der Waals surface area (Å²) >= 11 is 0. The summed E-state index contributed by atoms with van der Waals surface area (Å²) in [7, 11) is 0. The van der Waals surface area contributed by atoms with Crippen molar-refractivity contribution < 1.29 is 14.3 Å². The first-order valence-corrected chi connectivity index (χ1v) is 9.81. The van der Waals surface area contributed by atoms with Gasteiger partial charge in [-0.2, -0.15) is 0 Å². The highest BCUT2D eigenvalue weighted by atomic mass is 16.5. The molecule has 3 heteroatoms. The minimum absolute atomic E-state index is 0.0845. The van der Waals surface area contributed by atoms with Gasteiger partial charge in [0.25, 0.3) is 0 Å². The lowest BCUT2D eigenvalue weighted by molar-refractivity contribution is 0.103. The first kappa shape index (κ1) is 19.5. The third kappa shape index (κ3) is 4.76. The lowest BCUT2D eigenvalue weighted by Gasteiger charge is -2.12. The Morgan fingerprint density at radius 3 is 1.47 bits per heavy atom. The molecule has 0 radical (unpaired) electrons. The van der Waals surface area contributed by atoms with E-state index in [1.54, 1.807) is 30.3 Å². The molecule has 0 saturated heterocycles. The molecule has 0 fully saturated rings. The zero-order valence-electron chi connectivity index (χ0n) is 17.0. The van der Waals surface area contributed by atoms with Crippen molar-refractivity contribution in [1.82, 2.24) is 0 Å². The van der Waals surface area contributed by atoms with Crippen molar-refractivity contribution in [1.29, 1.82) is 0 Å². The van der Waals surface area contributed by atoms with Gasteiger partial charge in [-0.25, -0.2) is 0 Å². The molecule has 4 rings (SSSR count). The minimum atomic E-state index is -0.0845. The molecule has 0 heterocycles. The summed E-state index contributed by atoms with van der Waals surface area (Å²) in [5.41, 5.74) is 3.43. The van der Waals surface area contributed by atoms with Gasteiger partial charge in [-0.1, -0.05) is 65.7 Å². The molecule has 0 aliphatic carbocycles. The Hall–Kier alpha value is -3.85. The molecule has 148 valence electrons. The fraction of sp³-hybridized carbons (Fsp3) is 0.0741. The summed E-state index contributed by atoms with van der Waals surface area (Å²) in [6.07, 6.45) is 0. The highest BCUT2D eigenvalue weighted by Gasteiger charge is 2.13. The van der Waals surface area contributed by atoms with Crippen LogP contribution in [0.15, 0.2) is 97.1 Å². The van der Waals surface area contributed by atoms with E-state index in [-0.39, 0.29) is 5.78 Å². The van der Waals surface area contributed by atoms with E-state index in [4.69, 9.17) is 9.47 Å². The maximum atomic E-state index is 13.0. The first-order valence-electron chi connectivity index (χ1n) is 9.81. The van der Waals surface area contributed by atoms with Crippen LogP contribution in [0.5, 0.6) is 23.0 Å². The van der Waals surface area contributed by atoms with Crippen LogP contribution in [0, 0.1) is 13.8 Å². The highest BCUT2D eigenvalue weighted by Crippen LogP contribution is 2.31. The molecule has 3 nitrogen and oxygen atoms in total. The van der Waals surface area contributed by atoms with E-state index in [1.165, 1.54) is 0 Å². The fourth-order valence-electron chi connectivity index (χ4n) is 3.06. The number of carbonyl (C=O) groups excluding carboxylic acids is 1. The summed E-state index contributed by atoms with van der Waals surface area (Å²) in [6.45, 7) is 4.05. The largest absolute Gasteiger partial charge is 0.457 e. The third-order valence-corrected chi connectivity index (χ3v) is 4.69. The number of carbonyl (C=O) groups is 1. The normalized spacial score (nSPS) is 10.5. The van der Waals surface area contributed by atoms with Gasteiger partial charge in [0.1, 0.15) is 23.0 Å². The van der Waals surface area contributed by atoms with Gasteiger partial charge in [0, 0.05) is 17.2 Å². The molecule has 0 N–H and O–H groups in total. The summed E-state index contributed by atoms with van der Waals surface area (Å²) in [4.78, 5) is 13.0. The minimum Gasteiger partial charge on any atom is -0.457 e. The number of benzene rings is 4. The van der Waals surface area contributed by atoms with Crippen molar-refractivity contribution in [3.63, 3.8) is 0 Å². The van der Waals surface area contributed by atoms with Gasteiger partial charge in [-0.15, -0.1) is 0 Å². The maximum absolute atomic E-state index is 13.0. The fourth-order valence-corrected chi connectivity index (χ4v) is 3.06. The van der Waals surface area contributed by atoms with E-state index < -0.39 is 0 Å². The molecular formula is C27H22O3. The van der Waals surface area contributed by atoms with Crippen molar-refractivity contribution in [2.24, 2.45) is 0 Å². The van der Waals surface area contributed by atoms with Gasteiger partial charge in [-0.3, -0.25) is 4.79 Å². The zero-order valence-corrected chi connectivity index (χ0v) is 17.0. The van der Waals surface area contributed by atoms with Crippen LogP contribution in [0.4, 0.5) is 0 Å². The van der Waals surface area contributed by atoms with Crippen molar-refractivity contribution >= 4 is 5.78 Å². The molecule has 4 aromatic rings. The van der Waals surface area contributed by atoms with Gasteiger partial charge >= 0.3 is 0 Å². The van der Waals surface area contributed by atoms with Gasteiger partial charge in [0.15, 0.2) is 5.78 Å². The van der Waals surface area contributed by atoms with Gasteiger partial charge in [0.05, 0.1) is 0 Å². The van der Waals surface area contributed by atoms with E-state index in [1.807, 2.05) is 80.6 Å². The Morgan fingerprint density at radius 1 is 0.533 bits per heavy atom. The monoisotopic (exact) mass is 394 g/mol. The van der Waals surface area contributed by atoms with E-state index >= 15 is 0 Å². The Labute approximate surface area is 176 Å². The van der Waals surface area contributed by atoms with Gasteiger partial charge in [0.2, 0.25) is 0 Å². The van der Waals surface area contributed by atoms with Crippen molar-refractivity contribution in [2.75, 3.05) is 0 Å². The molecule has 0 atom stereocenters. The van der Waals surface area contributed by atoms with Crippen LogP contribution in [0.2, 0.25) is 0 Å². The predicted octanol–water partition coefficient (Wildman–Crippen LogP) is 7.12. The number of aryl methyl sites for hydroxylation is 2. The summed E-state index contributed by atoms with van der Waals surface area (Å²) in [6, 6.07) is 30.0. The number of ether oxygens (including phenoxy) is 2. The van der Waals surface area contributed by atoms with Gasteiger partial charge < -0.3 is 9.47 Å².